The summed E-state index contributed by atoms with van der Waals surface area (Å²) in [5, 5.41) is 5.91. The largest absolute Gasteiger partial charge is 0.330 e. The molecule has 0 radical (unpaired) electrons. The van der Waals surface area contributed by atoms with Crippen molar-refractivity contribution in [3.8, 4) is 0 Å². The van der Waals surface area contributed by atoms with Crippen molar-refractivity contribution in [2.75, 3.05) is 12.4 Å². The summed E-state index contributed by atoms with van der Waals surface area (Å²) in [5.41, 5.74) is 2.49. The molecule has 1 aromatic carbocycles. The lowest BCUT2D eigenvalue weighted by molar-refractivity contribution is 0.101. The highest BCUT2D eigenvalue weighted by Crippen LogP contribution is 2.11. The summed E-state index contributed by atoms with van der Waals surface area (Å²) in [7, 11) is 3.69. The zero-order valence-electron chi connectivity index (χ0n) is 10.5. The van der Waals surface area contributed by atoms with Crippen LogP contribution in [0.3, 0.4) is 0 Å². The third kappa shape index (κ3) is 2.75. The molecule has 0 aliphatic carbocycles. The molecule has 1 heterocycles. The molecule has 0 fully saturated rings. The van der Waals surface area contributed by atoms with E-state index in [0.29, 0.717) is 5.69 Å². The molecule has 5 nitrogen and oxygen atoms in total. The lowest BCUT2D eigenvalue weighted by Gasteiger charge is -2.06. The molecule has 2 N–H and O–H groups in total. The van der Waals surface area contributed by atoms with Gasteiger partial charge in [0.1, 0.15) is 5.69 Å². The predicted octanol–water partition coefficient (Wildman–Crippen LogP) is 1.39. The normalized spacial score (nSPS) is 10.3. The first-order valence-corrected chi connectivity index (χ1v) is 5.72. The Labute approximate surface area is 106 Å². The summed E-state index contributed by atoms with van der Waals surface area (Å²) >= 11 is 0. The molecule has 94 valence electrons. The number of nitrogens with one attached hydrogen (secondary N) is 2. The Bertz CT molecular complexity index is 530. The SMILES string of the molecule is CNCc1ccc(NC(=O)c2cncn2C)cc1. The smallest absolute Gasteiger partial charge is 0.273 e. The molecule has 2 rings (SSSR count). The van der Waals surface area contributed by atoms with Crippen molar-refractivity contribution >= 4 is 11.6 Å². The minimum atomic E-state index is -0.156. The maximum atomic E-state index is 11.9. The van der Waals surface area contributed by atoms with E-state index in [-0.39, 0.29) is 5.91 Å². The second-order valence-electron chi connectivity index (χ2n) is 4.07. The summed E-state index contributed by atoms with van der Waals surface area (Å²) in [6, 6.07) is 7.74. The summed E-state index contributed by atoms with van der Waals surface area (Å²) in [5.74, 6) is -0.156. The number of amides is 1. The van der Waals surface area contributed by atoms with Crippen LogP contribution in [0.15, 0.2) is 36.8 Å². The molecular weight excluding hydrogens is 228 g/mol. The van der Waals surface area contributed by atoms with E-state index in [2.05, 4.69) is 15.6 Å². The number of aryl methyl sites for hydroxylation is 1. The number of imidazole rings is 1. The maximum absolute atomic E-state index is 11.9. The molecular formula is C13H16N4O. The molecule has 0 saturated carbocycles. The second-order valence-corrected chi connectivity index (χ2v) is 4.07. The third-order valence-electron chi connectivity index (χ3n) is 2.64. The number of rotatable bonds is 4. The third-order valence-corrected chi connectivity index (χ3v) is 2.64. The van der Waals surface area contributed by atoms with Crippen molar-refractivity contribution in [2.45, 2.75) is 6.54 Å². The average Bonchev–Trinajstić information content (AvgIpc) is 2.78. The fraction of sp³-hybridized carbons (Fsp3) is 0.231. The van der Waals surface area contributed by atoms with Crippen LogP contribution in [0.4, 0.5) is 5.69 Å². The highest BCUT2D eigenvalue weighted by Gasteiger charge is 2.09. The molecule has 0 aliphatic heterocycles. The molecule has 0 aliphatic rings. The van der Waals surface area contributed by atoms with Crippen molar-refractivity contribution in [2.24, 2.45) is 7.05 Å². The van der Waals surface area contributed by atoms with Gasteiger partial charge in [0.25, 0.3) is 5.91 Å². The van der Waals surface area contributed by atoms with Crippen LogP contribution in [0.25, 0.3) is 0 Å². The summed E-state index contributed by atoms with van der Waals surface area (Å²) in [4.78, 5) is 15.8. The number of aromatic nitrogens is 2. The Kier molecular flexibility index (Phi) is 3.74. The van der Waals surface area contributed by atoms with E-state index in [1.807, 2.05) is 31.3 Å². The molecule has 1 amide bonds. The minimum Gasteiger partial charge on any atom is -0.330 e. The number of nitrogens with zero attached hydrogens (tertiary/aromatic N) is 2. The molecule has 2 aromatic rings. The van der Waals surface area contributed by atoms with Crippen LogP contribution in [0.1, 0.15) is 16.1 Å². The fourth-order valence-corrected chi connectivity index (χ4v) is 1.68. The minimum absolute atomic E-state index is 0.156. The number of hydrogen-bond donors (Lipinski definition) is 2. The topological polar surface area (TPSA) is 58.9 Å². The van der Waals surface area contributed by atoms with Gasteiger partial charge in [0.15, 0.2) is 0 Å². The Morgan fingerprint density at radius 2 is 2.06 bits per heavy atom. The van der Waals surface area contributed by atoms with Gasteiger partial charge >= 0.3 is 0 Å². The van der Waals surface area contributed by atoms with E-state index < -0.39 is 0 Å². The monoisotopic (exact) mass is 244 g/mol. The average molecular weight is 244 g/mol. The molecule has 0 spiro atoms. The van der Waals surface area contributed by atoms with E-state index >= 15 is 0 Å². The van der Waals surface area contributed by atoms with Crippen LogP contribution in [0, 0.1) is 0 Å². The van der Waals surface area contributed by atoms with Crippen molar-refractivity contribution in [1.82, 2.24) is 14.9 Å². The van der Waals surface area contributed by atoms with Gasteiger partial charge in [0.05, 0.1) is 12.5 Å². The van der Waals surface area contributed by atoms with Crippen LogP contribution in [0.5, 0.6) is 0 Å². The quantitative estimate of drug-likeness (QED) is 0.854. The van der Waals surface area contributed by atoms with E-state index in [1.165, 1.54) is 5.56 Å². The lowest BCUT2D eigenvalue weighted by Crippen LogP contribution is -2.15. The lowest BCUT2D eigenvalue weighted by atomic mass is 10.2. The molecule has 1 aromatic heterocycles. The van der Waals surface area contributed by atoms with Crippen LogP contribution in [-0.2, 0) is 13.6 Å². The van der Waals surface area contributed by atoms with E-state index in [0.717, 1.165) is 12.2 Å². The van der Waals surface area contributed by atoms with Crippen LogP contribution >= 0.6 is 0 Å². The Morgan fingerprint density at radius 1 is 1.33 bits per heavy atom. The number of hydrogen-bond acceptors (Lipinski definition) is 3. The Balaban J connectivity index is 2.05. The van der Waals surface area contributed by atoms with E-state index in [4.69, 9.17) is 0 Å². The highest BCUT2D eigenvalue weighted by molar-refractivity contribution is 6.02. The van der Waals surface area contributed by atoms with Crippen LogP contribution in [-0.4, -0.2) is 22.5 Å². The molecule has 0 bridgehead atoms. The highest BCUT2D eigenvalue weighted by atomic mass is 16.1. The van der Waals surface area contributed by atoms with Gasteiger partial charge in [0.2, 0.25) is 0 Å². The Hall–Kier alpha value is -2.14. The molecule has 5 heteroatoms. The van der Waals surface area contributed by atoms with Gasteiger partial charge in [-0.1, -0.05) is 12.1 Å². The molecule has 0 unspecified atom stereocenters. The fourth-order valence-electron chi connectivity index (χ4n) is 1.68. The van der Waals surface area contributed by atoms with Gasteiger partial charge in [-0.05, 0) is 24.7 Å². The van der Waals surface area contributed by atoms with Crippen molar-refractivity contribution in [1.29, 1.82) is 0 Å². The summed E-state index contributed by atoms with van der Waals surface area (Å²) in [6.07, 6.45) is 3.15. The van der Waals surface area contributed by atoms with Crippen LogP contribution < -0.4 is 10.6 Å². The van der Waals surface area contributed by atoms with E-state index in [9.17, 15) is 4.79 Å². The number of benzene rings is 1. The summed E-state index contributed by atoms with van der Waals surface area (Å²) in [6.45, 7) is 0.815. The van der Waals surface area contributed by atoms with Crippen molar-refractivity contribution in [3.63, 3.8) is 0 Å². The first kappa shape index (κ1) is 12.3. The molecule has 18 heavy (non-hydrogen) atoms. The maximum Gasteiger partial charge on any atom is 0.273 e. The number of anilines is 1. The van der Waals surface area contributed by atoms with Crippen molar-refractivity contribution < 1.29 is 4.79 Å². The zero-order chi connectivity index (χ0) is 13.0. The van der Waals surface area contributed by atoms with E-state index in [1.54, 1.807) is 24.1 Å². The molecule has 0 saturated heterocycles. The van der Waals surface area contributed by atoms with Gasteiger partial charge in [-0.3, -0.25) is 4.79 Å². The van der Waals surface area contributed by atoms with Gasteiger partial charge in [-0.25, -0.2) is 4.98 Å². The second kappa shape index (κ2) is 5.46. The summed E-state index contributed by atoms with van der Waals surface area (Å²) < 4.78 is 1.69. The first-order chi connectivity index (χ1) is 8.70. The van der Waals surface area contributed by atoms with Gasteiger partial charge in [0, 0.05) is 19.3 Å². The number of carbonyl (C=O) groups is 1. The van der Waals surface area contributed by atoms with Gasteiger partial charge in [-0.2, -0.15) is 0 Å². The van der Waals surface area contributed by atoms with Crippen LogP contribution in [0.2, 0.25) is 0 Å². The predicted molar refractivity (Wildman–Crippen MR) is 70.4 cm³/mol. The zero-order valence-corrected chi connectivity index (χ0v) is 10.5. The molecule has 0 atom stereocenters. The number of carbonyl (C=O) groups excluding carboxylic acids is 1. The van der Waals surface area contributed by atoms with Gasteiger partial charge in [-0.15, -0.1) is 0 Å². The first-order valence-electron chi connectivity index (χ1n) is 5.72. The standard InChI is InChI=1S/C13H16N4O/c1-14-7-10-3-5-11(6-4-10)16-13(18)12-8-15-9-17(12)2/h3-6,8-9,14H,7H2,1-2H3,(H,16,18). The van der Waals surface area contributed by atoms with Crippen molar-refractivity contribution in [3.05, 3.63) is 48.0 Å². The Morgan fingerprint density at radius 3 is 2.61 bits per heavy atom. The van der Waals surface area contributed by atoms with Gasteiger partial charge < -0.3 is 15.2 Å².